The highest BCUT2D eigenvalue weighted by Gasteiger charge is 2.18. The summed E-state index contributed by atoms with van der Waals surface area (Å²) in [5.41, 5.74) is 1.05. The van der Waals surface area contributed by atoms with Gasteiger partial charge in [-0.15, -0.1) is 0 Å². The predicted molar refractivity (Wildman–Crippen MR) is 80.1 cm³/mol. The number of carbonyl (C=O) groups is 1. The molecule has 1 aliphatic heterocycles. The molecule has 0 unspecified atom stereocenters. The number of rotatable bonds is 6. The van der Waals surface area contributed by atoms with E-state index in [9.17, 15) is 4.79 Å². The van der Waals surface area contributed by atoms with E-state index in [0.29, 0.717) is 18.3 Å². The molecule has 0 aromatic heterocycles. The SMILES string of the molecule is COC1CCN(CCOc2ccc(C(=O)O)c(C)c2)CC1. The lowest BCUT2D eigenvalue weighted by molar-refractivity contribution is 0.0375. The quantitative estimate of drug-likeness (QED) is 0.871. The number of benzene rings is 1. The Morgan fingerprint density at radius 2 is 2.10 bits per heavy atom. The van der Waals surface area contributed by atoms with E-state index in [4.69, 9.17) is 14.6 Å². The number of aryl methyl sites for hydroxylation is 1. The number of nitrogens with zero attached hydrogens (tertiary/aromatic N) is 1. The van der Waals surface area contributed by atoms with Crippen molar-refractivity contribution in [3.8, 4) is 5.75 Å². The van der Waals surface area contributed by atoms with Crippen molar-refractivity contribution < 1.29 is 19.4 Å². The third-order valence-corrected chi connectivity index (χ3v) is 3.97. The fourth-order valence-electron chi connectivity index (χ4n) is 2.63. The number of piperidine rings is 1. The van der Waals surface area contributed by atoms with E-state index in [2.05, 4.69) is 4.90 Å². The minimum atomic E-state index is -0.903. The molecule has 0 aliphatic carbocycles. The number of hydrogen-bond acceptors (Lipinski definition) is 4. The van der Waals surface area contributed by atoms with Crippen LogP contribution in [0, 0.1) is 6.92 Å². The molecule has 0 saturated carbocycles. The minimum absolute atomic E-state index is 0.323. The number of ether oxygens (including phenoxy) is 2. The number of hydrogen-bond donors (Lipinski definition) is 1. The number of methoxy groups -OCH3 is 1. The summed E-state index contributed by atoms with van der Waals surface area (Å²) in [6, 6.07) is 5.09. The largest absolute Gasteiger partial charge is 0.492 e. The predicted octanol–water partition coefficient (Wildman–Crippen LogP) is 2.18. The molecule has 2 rings (SSSR count). The molecule has 0 bridgehead atoms. The van der Waals surface area contributed by atoms with Crippen LogP contribution in [0.2, 0.25) is 0 Å². The summed E-state index contributed by atoms with van der Waals surface area (Å²) >= 11 is 0. The molecule has 1 N–H and O–H groups in total. The van der Waals surface area contributed by atoms with Crippen molar-refractivity contribution in [2.24, 2.45) is 0 Å². The summed E-state index contributed by atoms with van der Waals surface area (Å²) < 4.78 is 11.1. The van der Waals surface area contributed by atoms with Crippen molar-refractivity contribution in [2.45, 2.75) is 25.9 Å². The summed E-state index contributed by atoms with van der Waals surface area (Å²) in [6.07, 6.45) is 2.54. The molecule has 0 atom stereocenters. The summed E-state index contributed by atoms with van der Waals surface area (Å²) in [4.78, 5) is 13.3. The Hall–Kier alpha value is -1.59. The van der Waals surface area contributed by atoms with E-state index in [0.717, 1.165) is 43.8 Å². The average molecular weight is 293 g/mol. The molecule has 5 nitrogen and oxygen atoms in total. The Morgan fingerprint density at radius 1 is 1.38 bits per heavy atom. The molecule has 21 heavy (non-hydrogen) atoms. The van der Waals surface area contributed by atoms with Crippen molar-refractivity contribution in [2.75, 3.05) is 33.4 Å². The van der Waals surface area contributed by atoms with Gasteiger partial charge in [-0.05, 0) is 43.5 Å². The molecule has 1 saturated heterocycles. The fraction of sp³-hybridized carbons (Fsp3) is 0.562. The van der Waals surface area contributed by atoms with Crippen LogP contribution in [-0.4, -0.2) is 55.4 Å². The highest BCUT2D eigenvalue weighted by atomic mass is 16.5. The topological polar surface area (TPSA) is 59.0 Å². The Labute approximate surface area is 125 Å². The van der Waals surface area contributed by atoms with Gasteiger partial charge in [-0.2, -0.15) is 0 Å². The molecule has 1 aromatic carbocycles. The first-order valence-electron chi connectivity index (χ1n) is 7.32. The van der Waals surface area contributed by atoms with Gasteiger partial charge >= 0.3 is 5.97 Å². The van der Waals surface area contributed by atoms with Gasteiger partial charge in [0.2, 0.25) is 0 Å². The lowest BCUT2D eigenvalue weighted by atomic mass is 10.1. The standard InChI is InChI=1S/C16H23NO4/c1-12-11-14(3-4-15(12)16(18)19)21-10-9-17-7-5-13(20-2)6-8-17/h3-4,11,13H,5-10H2,1-2H3,(H,18,19). The van der Waals surface area contributed by atoms with Crippen LogP contribution >= 0.6 is 0 Å². The first kappa shape index (κ1) is 15.8. The zero-order valence-corrected chi connectivity index (χ0v) is 12.7. The molecule has 1 aromatic rings. The van der Waals surface area contributed by atoms with E-state index < -0.39 is 5.97 Å². The average Bonchev–Trinajstić information content (AvgIpc) is 2.47. The van der Waals surface area contributed by atoms with Crippen molar-refractivity contribution in [3.63, 3.8) is 0 Å². The van der Waals surface area contributed by atoms with E-state index in [1.807, 2.05) is 0 Å². The molecule has 1 fully saturated rings. The summed E-state index contributed by atoms with van der Waals surface area (Å²) in [5.74, 6) is -0.177. The lowest BCUT2D eigenvalue weighted by Gasteiger charge is -2.30. The Kier molecular flexibility index (Phi) is 5.59. The van der Waals surface area contributed by atoms with Gasteiger partial charge in [0.1, 0.15) is 12.4 Å². The maximum atomic E-state index is 10.9. The zero-order valence-electron chi connectivity index (χ0n) is 12.7. The van der Waals surface area contributed by atoms with E-state index >= 15 is 0 Å². The van der Waals surface area contributed by atoms with Gasteiger partial charge in [-0.1, -0.05) is 0 Å². The van der Waals surface area contributed by atoms with Crippen LogP contribution in [-0.2, 0) is 4.74 Å². The van der Waals surface area contributed by atoms with Gasteiger partial charge in [0.15, 0.2) is 0 Å². The molecule has 5 heteroatoms. The maximum Gasteiger partial charge on any atom is 0.335 e. The molecule has 116 valence electrons. The van der Waals surface area contributed by atoms with Gasteiger partial charge in [-0.25, -0.2) is 4.79 Å². The highest BCUT2D eigenvalue weighted by Crippen LogP contribution is 2.18. The Bertz CT molecular complexity index is 481. The van der Waals surface area contributed by atoms with Gasteiger partial charge in [-0.3, -0.25) is 4.90 Å². The summed E-state index contributed by atoms with van der Waals surface area (Å²) in [6.45, 7) is 5.36. The van der Waals surface area contributed by atoms with Crippen LogP contribution in [0.25, 0.3) is 0 Å². The summed E-state index contributed by atoms with van der Waals surface area (Å²) in [7, 11) is 1.77. The van der Waals surface area contributed by atoms with Crippen LogP contribution in [0.4, 0.5) is 0 Å². The second-order valence-corrected chi connectivity index (χ2v) is 5.41. The monoisotopic (exact) mass is 293 g/mol. The number of aromatic carboxylic acids is 1. The Morgan fingerprint density at radius 3 is 2.67 bits per heavy atom. The summed E-state index contributed by atoms with van der Waals surface area (Å²) in [5, 5.41) is 8.99. The normalized spacial score (nSPS) is 16.9. The smallest absolute Gasteiger partial charge is 0.335 e. The van der Waals surface area contributed by atoms with E-state index in [-0.39, 0.29) is 0 Å². The Balaban J connectivity index is 1.76. The number of carboxylic acids is 1. The van der Waals surface area contributed by atoms with Crippen molar-refractivity contribution in [1.82, 2.24) is 4.90 Å². The van der Waals surface area contributed by atoms with Crippen LogP contribution in [0.1, 0.15) is 28.8 Å². The van der Waals surface area contributed by atoms with Crippen molar-refractivity contribution >= 4 is 5.97 Å². The molecular weight excluding hydrogens is 270 g/mol. The fourth-order valence-corrected chi connectivity index (χ4v) is 2.63. The lowest BCUT2D eigenvalue weighted by Crippen LogP contribution is -2.38. The molecule has 1 heterocycles. The third kappa shape index (κ3) is 4.44. The second kappa shape index (κ2) is 7.43. The van der Waals surface area contributed by atoms with Crippen LogP contribution in [0.15, 0.2) is 18.2 Å². The first-order chi connectivity index (χ1) is 10.1. The van der Waals surface area contributed by atoms with Gasteiger partial charge in [0.25, 0.3) is 0 Å². The minimum Gasteiger partial charge on any atom is -0.492 e. The van der Waals surface area contributed by atoms with Gasteiger partial charge < -0.3 is 14.6 Å². The van der Waals surface area contributed by atoms with E-state index in [1.165, 1.54) is 0 Å². The van der Waals surface area contributed by atoms with Crippen LogP contribution in [0.3, 0.4) is 0 Å². The molecular formula is C16H23NO4. The van der Waals surface area contributed by atoms with Gasteiger partial charge in [0.05, 0.1) is 11.7 Å². The van der Waals surface area contributed by atoms with Crippen molar-refractivity contribution in [3.05, 3.63) is 29.3 Å². The maximum absolute atomic E-state index is 10.9. The van der Waals surface area contributed by atoms with Crippen LogP contribution < -0.4 is 4.74 Å². The molecule has 1 aliphatic rings. The molecule has 0 spiro atoms. The zero-order chi connectivity index (χ0) is 15.2. The number of likely N-dealkylation sites (tertiary alicyclic amines) is 1. The van der Waals surface area contributed by atoms with E-state index in [1.54, 1.807) is 32.2 Å². The van der Waals surface area contributed by atoms with Crippen LogP contribution in [0.5, 0.6) is 5.75 Å². The molecule has 0 radical (unpaired) electrons. The van der Waals surface area contributed by atoms with Gasteiger partial charge in [0, 0.05) is 26.7 Å². The first-order valence-corrected chi connectivity index (χ1v) is 7.32. The molecule has 0 amide bonds. The van der Waals surface area contributed by atoms with Crippen molar-refractivity contribution in [1.29, 1.82) is 0 Å². The number of carboxylic acid groups (broad SMARTS) is 1. The highest BCUT2D eigenvalue weighted by molar-refractivity contribution is 5.89. The third-order valence-electron chi connectivity index (χ3n) is 3.97. The second-order valence-electron chi connectivity index (χ2n) is 5.41.